The quantitative estimate of drug-likeness (QED) is 0.901. The molecule has 1 N–H and O–H groups in total. The molecule has 0 unspecified atom stereocenters. The van der Waals surface area contributed by atoms with Gasteiger partial charge in [-0.1, -0.05) is 6.07 Å². The summed E-state index contributed by atoms with van der Waals surface area (Å²) in [6, 6.07) is 4.65. The van der Waals surface area contributed by atoms with Gasteiger partial charge in [0.05, 0.1) is 2.74 Å². The predicted molar refractivity (Wildman–Crippen MR) is 73.7 cm³/mol. The van der Waals surface area contributed by atoms with Gasteiger partial charge < -0.3 is 14.8 Å². The highest BCUT2D eigenvalue weighted by Gasteiger charge is 2.18. The van der Waals surface area contributed by atoms with Crippen molar-refractivity contribution in [3.8, 4) is 5.75 Å². The van der Waals surface area contributed by atoms with E-state index in [0.717, 1.165) is 0 Å². The highest BCUT2D eigenvalue weighted by atomic mass is 16.6. The summed E-state index contributed by atoms with van der Waals surface area (Å²) in [6.07, 6.45) is -0.645. The van der Waals surface area contributed by atoms with E-state index in [1.807, 2.05) is 0 Å². The lowest BCUT2D eigenvalue weighted by molar-refractivity contribution is -0.121. The lowest BCUT2D eigenvalue weighted by Crippen LogP contribution is -2.32. The van der Waals surface area contributed by atoms with Crippen molar-refractivity contribution >= 4 is 11.9 Å². The number of rotatable bonds is 2. The number of hydrogen-bond donors (Lipinski definition) is 1. The van der Waals surface area contributed by atoms with Gasteiger partial charge in [0.1, 0.15) is 18.0 Å². The predicted octanol–water partition coefficient (Wildman–Crippen LogP) is 2.22. The maximum Gasteiger partial charge on any atom is 0.407 e. The third-order valence-corrected chi connectivity index (χ3v) is 2.54. The average molecular weight is 279 g/mol. The number of ether oxygens (including phenoxy) is 2. The highest BCUT2D eigenvalue weighted by Crippen LogP contribution is 2.24. The minimum Gasteiger partial charge on any atom is -0.486 e. The van der Waals surface area contributed by atoms with Gasteiger partial charge in [-0.15, -0.1) is 0 Å². The van der Waals surface area contributed by atoms with E-state index in [4.69, 9.17) is 12.2 Å². The molecule has 0 spiro atoms. The molecule has 1 aliphatic rings. The Morgan fingerprint density at radius 3 is 2.95 bits per heavy atom. The molecule has 5 nitrogen and oxygen atoms in total. The van der Waals surface area contributed by atoms with Gasteiger partial charge in [0.25, 0.3) is 0 Å². The van der Waals surface area contributed by atoms with Gasteiger partial charge in [0.2, 0.25) is 0 Å². The lowest BCUT2D eigenvalue weighted by atomic mass is 10.0. The number of amides is 1. The molecule has 0 fully saturated rings. The van der Waals surface area contributed by atoms with E-state index in [9.17, 15) is 9.59 Å². The largest absolute Gasteiger partial charge is 0.486 e. The molecule has 0 bridgehead atoms. The first-order valence-corrected chi connectivity index (χ1v) is 6.36. The Balaban J connectivity index is 2.17. The van der Waals surface area contributed by atoms with E-state index in [0.29, 0.717) is 11.3 Å². The Morgan fingerprint density at radius 2 is 2.25 bits per heavy atom. The summed E-state index contributed by atoms with van der Waals surface area (Å²) in [5.74, 6) is 0.502. The van der Waals surface area contributed by atoms with Crippen LogP contribution in [0.2, 0.25) is 0 Å². The number of alkyl carbamates (subject to hydrolysis) is 1. The van der Waals surface area contributed by atoms with Crippen LogP contribution in [0, 0.1) is 0 Å². The molecule has 1 aromatic rings. The molecule has 108 valence electrons. The van der Waals surface area contributed by atoms with Gasteiger partial charge in [-0.2, -0.15) is 0 Å². The first-order chi connectivity index (χ1) is 10.1. The number of fused-ring (bicyclic) bond motifs is 1. The molecule has 1 amide bonds. The van der Waals surface area contributed by atoms with Crippen molar-refractivity contribution in [2.24, 2.45) is 0 Å². The average Bonchev–Trinajstić information content (AvgIpc) is 2.34. The van der Waals surface area contributed by atoms with Crippen LogP contribution < -0.4 is 10.1 Å². The van der Waals surface area contributed by atoms with Crippen molar-refractivity contribution in [1.82, 2.24) is 5.32 Å². The standard InChI is InChI=1S/C15H19NO4/c1-15(2,3)20-14(18)16-8-10-4-5-13-11(6-10)7-12(17)9-19-13/h4-6H,7-9H2,1-3H3,(H,16,18)/i8D2. The summed E-state index contributed by atoms with van der Waals surface area (Å²) in [5.41, 5.74) is 0.134. The topological polar surface area (TPSA) is 64.6 Å². The van der Waals surface area contributed by atoms with E-state index in [-0.39, 0.29) is 24.4 Å². The Morgan fingerprint density at radius 1 is 1.50 bits per heavy atom. The SMILES string of the molecule is [2H]C([2H])(NC(=O)OC(C)(C)C)c1ccc2c(c1)CC(=O)CO2. The van der Waals surface area contributed by atoms with Crippen LogP contribution in [-0.2, 0) is 22.4 Å². The smallest absolute Gasteiger partial charge is 0.407 e. The van der Waals surface area contributed by atoms with Crippen molar-refractivity contribution in [3.63, 3.8) is 0 Å². The number of carbonyl (C=O) groups is 2. The molecule has 0 atom stereocenters. The van der Waals surface area contributed by atoms with Crippen LogP contribution in [0.1, 0.15) is 34.6 Å². The van der Waals surface area contributed by atoms with Crippen LogP contribution in [0.3, 0.4) is 0 Å². The Kier molecular flexibility index (Phi) is 3.25. The summed E-state index contributed by atoms with van der Waals surface area (Å²) in [6.45, 7) is 3.02. The van der Waals surface area contributed by atoms with Gasteiger partial charge in [0.15, 0.2) is 5.78 Å². The van der Waals surface area contributed by atoms with E-state index >= 15 is 0 Å². The van der Waals surface area contributed by atoms with Crippen molar-refractivity contribution < 1.29 is 21.8 Å². The van der Waals surface area contributed by atoms with E-state index in [1.54, 1.807) is 26.8 Å². The summed E-state index contributed by atoms with van der Waals surface area (Å²) in [5, 5.41) is 2.19. The molecule has 5 heteroatoms. The normalized spacial score (nSPS) is 16.4. The zero-order valence-electron chi connectivity index (χ0n) is 13.8. The second-order valence-corrected chi connectivity index (χ2v) is 5.58. The zero-order valence-corrected chi connectivity index (χ0v) is 11.8. The Labute approximate surface area is 121 Å². The fourth-order valence-electron chi connectivity index (χ4n) is 1.78. The molecular weight excluding hydrogens is 258 g/mol. The van der Waals surface area contributed by atoms with Gasteiger partial charge >= 0.3 is 6.09 Å². The molecule has 20 heavy (non-hydrogen) atoms. The molecule has 0 radical (unpaired) electrons. The van der Waals surface area contributed by atoms with Crippen LogP contribution in [0.25, 0.3) is 0 Å². The van der Waals surface area contributed by atoms with Gasteiger partial charge in [-0.05, 0) is 38.5 Å². The van der Waals surface area contributed by atoms with Crippen LogP contribution in [0.15, 0.2) is 18.2 Å². The second kappa shape index (κ2) is 5.53. The van der Waals surface area contributed by atoms with E-state index in [2.05, 4.69) is 5.32 Å². The fraction of sp³-hybridized carbons (Fsp3) is 0.467. The van der Waals surface area contributed by atoms with Gasteiger partial charge in [0, 0.05) is 18.5 Å². The van der Waals surface area contributed by atoms with Crippen LogP contribution >= 0.6 is 0 Å². The van der Waals surface area contributed by atoms with Crippen molar-refractivity contribution in [2.75, 3.05) is 6.61 Å². The molecule has 1 aliphatic heterocycles. The molecular formula is C15H19NO4. The third-order valence-electron chi connectivity index (χ3n) is 2.54. The van der Waals surface area contributed by atoms with Gasteiger partial charge in [-0.25, -0.2) is 4.79 Å². The maximum absolute atomic E-state index is 11.7. The molecule has 0 saturated carbocycles. The Bertz CT molecular complexity index is 608. The zero-order chi connectivity index (χ0) is 16.5. The number of Topliss-reactive ketones (excluding diaryl/α,β-unsaturated/α-hetero) is 1. The summed E-state index contributed by atoms with van der Waals surface area (Å²) in [7, 11) is 0. The summed E-state index contributed by atoms with van der Waals surface area (Å²) in [4.78, 5) is 23.1. The minimum atomic E-state index is -2.11. The van der Waals surface area contributed by atoms with Crippen molar-refractivity contribution in [1.29, 1.82) is 0 Å². The monoisotopic (exact) mass is 279 g/mol. The van der Waals surface area contributed by atoms with Gasteiger partial charge in [-0.3, -0.25) is 4.79 Å². The number of benzene rings is 1. The third kappa shape index (κ3) is 3.98. The van der Waals surface area contributed by atoms with E-state index in [1.165, 1.54) is 12.1 Å². The number of ketones is 1. The van der Waals surface area contributed by atoms with E-state index < -0.39 is 18.2 Å². The lowest BCUT2D eigenvalue weighted by Gasteiger charge is -2.20. The van der Waals surface area contributed by atoms with Crippen LogP contribution in [0.4, 0.5) is 4.79 Å². The molecule has 0 aromatic heterocycles. The number of carbonyl (C=O) groups excluding carboxylic acids is 2. The first-order valence-electron chi connectivity index (χ1n) is 7.36. The Hall–Kier alpha value is -2.04. The second-order valence-electron chi connectivity index (χ2n) is 5.58. The van der Waals surface area contributed by atoms with Crippen molar-refractivity contribution in [3.05, 3.63) is 29.3 Å². The highest BCUT2D eigenvalue weighted by molar-refractivity contribution is 5.84. The maximum atomic E-state index is 11.7. The summed E-state index contributed by atoms with van der Waals surface area (Å²) >= 11 is 0. The number of nitrogens with one attached hydrogen (secondary N) is 1. The minimum absolute atomic E-state index is 0.0371. The van der Waals surface area contributed by atoms with Crippen LogP contribution in [0.5, 0.6) is 5.75 Å². The fourth-order valence-corrected chi connectivity index (χ4v) is 1.78. The molecule has 2 rings (SSSR count). The number of hydrogen-bond acceptors (Lipinski definition) is 4. The molecule has 0 aliphatic carbocycles. The molecule has 1 aromatic carbocycles. The summed E-state index contributed by atoms with van der Waals surface area (Å²) < 4.78 is 26.3. The molecule has 0 saturated heterocycles. The first kappa shape index (κ1) is 11.8. The van der Waals surface area contributed by atoms with Crippen molar-refractivity contribution in [2.45, 2.75) is 39.3 Å². The van der Waals surface area contributed by atoms with Crippen LogP contribution in [-0.4, -0.2) is 24.1 Å². The molecule has 1 heterocycles.